The Morgan fingerprint density at radius 3 is 2.82 bits per heavy atom. The summed E-state index contributed by atoms with van der Waals surface area (Å²) in [6, 6.07) is 6.22. The summed E-state index contributed by atoms with van der Waals surface area (Å²) in [7, 11) is 0. The fraction of sp³-hybridized carbons (Fsp3) is 0.500. The van der Waals surface area contributed by atoms with Gasteiger partial charge >= 0.3 is 0 Å². The monoisotopic (exact) mass is 230 g/mol. The van der Waals surface area contributed by atoms with Crippen LogP contribution in [-0.4, -0.2) is 19.0 Å². The number of nitrogens with zero attached hydrogens (tertiary/aromatic N) is 1. The van der Waals surface area contributed by atoms with Gasteiger partial charge in [-0.05, 0) is 42.5 Å². The highest BCUT2D eigenvalue weighted by atomic mass is 16.1. The minimum atomic E-state index is 0.0683. The maximum absolute atomic E-state index is 11.5. The zero-order chi connectivity index (χ0) is 11.8. The molecule has 17 heavy (non-hydrogen) atoms. The molecule has 3 nitrogen and oxygen atoms in total. The first-order valence-corrected chi connectivity index (χ1v) is 6.40. The van der Waals surface area contributed by atoms with Crippen molar-refractivity contribution < 1.29 is 4.79 Å². The molecule has 1 aromatic rings. The number of hydrogen-bond acceptors (Lipinski definition) is 2. The van der Waals surface area contributed by atoms with Gasteiger partial charge in [0.15, 0.2) is 0 Å². The highest BCUT2D eigenvalue weighted by Gasteiger charge is 2.21. The molecule has 0 aliphatic carbocycles. The molecule has 1 aromatic carbocycles. The first kappa shape index (κ1) is 10.6. The fourth-order valence-corrected chi connectivity index (χ4v) is 2.68. The SMILES string of the molecule is CC1CCN(c2ccc3c(c2)CNC3=O)CC1. The highest BCUT2D eigenvalue weighted by molar-refractivity contribution is 5.98. The molecule has 1 amide bonds. The lowest BCUT2D eigenvalue weighted by Gasteiger charge is -2.32. The lowest BCUT2D eigenvalue weighted by molar-refractivity contribution is 0.0966. The first-order valence-electron chi connectivity index (χ1n) is 6.40. The largest absolute Gasteiger partial charge is 0.372 e. The van der Waals surface area contributed by atoms with Crippen molar-refractivity contribution in [1.82, 2.24) is 5.32 Å². The molecule has 2 aliphatic heterocycles. The van der Waals surface area contributed by atoms with E-state index in [9.17, 15) is 4.79 Å². The number of carbonyl (C=O) groups excluding carboxylic acids is 1. The summed E-state index contributed by atoms with van der Waals surface area (Å²) >= 11 is 0. The summed E-state index contributed by atoms with van der Waals surface area (Å²) in [5, 5.41) is 2.86. The Kier molecular flexibility index (Phi) is 2.54. The summed E-state index contributed by atoms with van der Waals surface area (Å²) in [6.45, 7) is 5.29. The maximum atomic E-state index is 11.5. The van der Waals surface area contributed by atoms with E-state index in [0.29, 0.717) is 6.54 Å². The van der Waals surface area contributed by atoms with Crippen LogP contribution < -0.4 is 10.2 Å². The summed E-state index contributed by atoms with van der Waals surface area (Å²) in [4.78, 5) is 13.9. The highest BCUT2D eigenvalue weighted by Crippen LogP contribution is 2.26. The number of anilines is 1. The predicted octanol–water partition coefficient (Wildman–Crippen LogP) is 2.17. The van der Waals surface area contributed by atoms with E-state index < -0.39 is 0 Å². The van der Waals surface area contributed by atoms with Gasteiger partial charge in [-0.25, -0.2) is 0 Å². The number of benzene rings is 1. The van der Waals surface area contributed by atoms with Gasteiger partial charge in [0.25, 0.3) is 5.91 Å². The lowest BCUT2D eigenvalue weighted by atomic mass is 9.98. The van der Waals surface area contributed by atoms with Crippen LogP contribution in [0.1, 0.15) is 35.7 Å². The molecule has 1 fully saturated rings. The number of amides is 1. The maximum Gasteiger partial charge on any atom is 0.251 e. The molecular formula is C14H18N2O. The molecule has 0 unspecified atom stereocenters. The van der Waals surface area contributed by atoms with E-state index in [2.05, 4.69) is 29.3 Å². The van der Waals surface area contributed by atoms with Gasteiger partial charge in [0, 0.05) is 30.9 Å². The second kappa shape index (κ2) is 4.06. The van der Waals surface area contributed by atoms with Gasteiger partial charge in [0.1, 0.15) is 0 Å². The molecule has 2 heterocycles. The van der Waals surface area contributed by atoms with Gasteiger partial charge < -0.3 is 10.2 Å². The Balaban J connectivity index is 1.83. The van der Waals surface area contributed by atoms with Crippen molar-refractivity contribution in [2.75, 3.05) is 18.0 Å². The van der Waals surface area contributed by atoms with Crippen LogP contribution in [0.4, 0.5) is 5.69 Å². The van der Waals surface area contributed by atoms with E-state index in [1.165, 1.54) is 18.5 Å². The number of nitrogens with one attached hydrogen (secondary N) is 1. The van der Waals surface area contributed by atoms with Gasteiger partial charge in [-0.2, -0.15) is 0 Å². The number of carbonyl (C=O) groups is 1. The zero-order valence-corrected chi connectivity index (χ0v) is 10.2. The van der Waals surface area contributed by atoms with Crippen LogP contribution in [0.2, 0.25) is 0 Å². The molecule has 3 heteroatoms. The third-order valence-corrected chi connectivity index (χ3v) is 3.92. The second-order valence-corrected chi connectivity index (χ2v) is 5.19. The molecule has 0 spiro atoms. The zero-order valence-electron chi connectivity index (χ0n) is 10.2. The topological polar surface area (TPSA) is 32.3 Å². The summed E-state index contributed by atoms with van der Waals surface area (Å²) in [5.41, 5.74) is 3.26. The molecule has 0 aromatic heterocycles. The quantitative estimate of drug-likeness (QED) is 0.802. The minimum Gasteiger partial charge on any atom is -0.372 e. The van der Waals surface area contributed by atoms with Crippen molar-refractivity contribution in [3.63, 3.8) is 0 Å². The van der Waals surface area contributed by atoms with E-state index >= 15 is 0 Å². The molecule has 0 atom stereocenters. The van der Waals surface area contributed by atoms with Gasteiger partial charge in [0.05, 0.1) is 0 Å². The van der Waals surface area contributed by atoms with E-state index in [4.69, 9.17) is 0 Å². The van der Waals surface area contributed by atoms with Gasteiger partial charge in [-0.1, -0.05) is 6.92 Å². The van der Waals surface area contributed by atoms with Crippen molar-refractivity contribution in [3.05, 3.63) is 29.3 Å². The Labute approximate surface area is 102 Å². The number of piperidine rings is 1. The van der Waals surface area contributed by atoms with Crippen LogP contribution in [0, 0.1) is 5.92 Å². The Morgan fingerprint density at radius 2 is 2.06 bits per heavy atom. The summed E-state index contributed by atoms with van der Waals surface area (Å²) < 4.78 is 0. The molecule has 3 rings (SSSR count). The van der Waals surface area contributed by atoms with Gasteiger partial charge in [-0.15, -0.1) is 0 Å². The number of rotatable bonds is 1. The first-order chi connectivity index (χ1) is 8.24. The second-order valence-electron chi connectivity index (χ2n) is 5.19. The molecule has 1 saturated heterocycles. The molecule has 90 valence electrons. The predicted molar refractivity (Wildman–Crippen MR) is 68.2 cm³/mol. The van der Waals surface area contributed by atoms with Crippen LogP contribution in [0.25, 0.3) is 0 Å². The van der Waals surface area contributed by atoms with Crippen molar-refractivity contribution in [3.8, 4) is 0 Å². The third kappa shape index (κ3) is 1.90. The van der Waals surface area contributed by atoms with Crippen molar-refractivity contribution in [2.45, 2.75) is 26.3 Å². The smallest absolute Gasteiger partial charge is 0.251 e. The fourth-order valence-electron chi connectivity index (χ4n) is 2.68. The van der Waals surface area contributed by atoms with E-state index in [0.717, 1.165) is 30.1 Å². The minimum absolute atomic E-state index is 0.0683. The van der Waals surface area contributed by atoms with Crippen LogP contribution in [0.3, 0.4) is 0 Å². The Morgan fingerprint density at radius 1 is 1.29 bits per heavy atom. The van der Waals surface area contributed by atoms with Gasteiger partial charge in [-0.3, -0.25) is 4.79 Å². The van der Waals surface area contributed by atoms with Crippen molar-refractivity contribution >= 4 is 11.6 Å². The standard InChI is InChI=1S/C14H18N2O/c1-10-4-6-16(7-5-10)12-2-3-13-11(8-12)9-15-14(13)17/h2-3,8,10H,4-7,9H2,1H3,(H,15,17). The van der Waals surface area contributed by atoms with Crippen molar-refractivity contribution in [1.29, 1.82) is 0 Å². The third-order valence-electron chi connectivity index (χ3n) is 3.92. The number of fused-ring (bicyclic) bond motifs is 1. The summed E-state index contributed by atoms with van der Waals surface area (Å²) in [5.74, 6) is 0.919. The average molecular weight is 230 g/mol. The van der Waals surface area contributed by atoms with Gasteiger partial charge in [0.2, 0.25) is 0 Å². The Hall–Kier alpha value is -1.51. The molecular weight excluding hydrogens is 212 g/mol. The molecule has 0 bridgehead atoms. The number of hydrogen-bond donors (Lipinski definition) is 1. The summed E-state index contributed by atoms with van der Waals surface area (Å²) in [6.07, 6.45) is 2.54. The average Bonchev–Trinajstić information content (AvgIpc) is 2.72. The lowest BCUT2D eigenvalue weighted by Crippen LogP contribution is -2.32. The van der Waals surface area contributed by atoms with E-state index in [1.807, 2.05) is 6.07 Å². The molecule has 1 N–H and O–H groups in total. The van der Waals surface area contributed by atoms with E-state index in [-0.39, 0.29) is 5.91 Å². The van der Waals surface area contributed by atoms with Crippen LogP contribution in [0.15, 0.2) is 18.2 Å². The van der Waals surface area contributed by atoms with Crippen LogP contribution in [0.5, 0.6) is 0 Å². The molecule has 0 radical (unpaired) electrons. The van der Waals surface area contributed by atoms with Crippen LogP contribution in [-0.2, 0) is 6.54 Å². The van der Waals surface area contributed by atoms with E-state index in [1.54, 1.807) is 0 Å². The molecule has 0 saturated carbocycles. The normalized spacial score (nSPS) is 20.3. The molecule has 2 aliphatic rings. The van der Waals surface area contributed by atoms with Crippen molar-refractivity contribution in [2.24, 2.45) is 5.92 Å². The Bertz CT molecular complexity index is 448. The van der Waals surface area contributed by atoms with Crippen LogP contribution >= 0.6 is 0 Å².